The standard InChI is InChI=1S/C9H8N4O/c10-8-6(2-1-3-11-8)7(14)9-12-4-5-13-9/h1-5H,(H2,10,11)(H,12,13). The van der Waals surface area contributed by atoms with Crippen molar-refractivity contribution in [3.8, 4) is 0 Å². The lowest BCUT2D eigenvalue weighted by atomic mass is 10.1. The second-order valence-corrected chi connectivity index (χ2v) is 2.70. The van der Waals surface area contributed by atoms with Gasteiger partial charge in [-0.15, -0.1) is 0 Å². The van der Waals surface area contributed by atoms with Gasteiger partial charge in [-0.05, 0) is 12.1 Å². The van der Waals surface area contributed by atoms with E-state index in [0.717, 1.165) is 0 Å². The van der Waals surface area contributed by atoms with E-state index >= 15 is 0 Å². The number of hydrogen-bond donors (Lipinski definition) is 2. The molecule has 0 bridgehead atoms. The van der Waals surface area contributed by atoms with Gasteiger partial charge in [0.15, 0.2) is 5.82 Å². The van der Waals surface area contributed by atoms with Crippen LogP contribution in [-0.4, -0.2) is 20.7 Å². The Labute approximate surface area is 80.0 Å². The first kappa shape index (κ1) is 8.43. The molecule has 0 aliphatic heterocycles. The highest BCUT2D eigenvalue weighted by Gasteiger charge is 2.14. The van der Waals surface area contributed by atoms with Gasteiger partial charge in [-0.3, -0.25) is 4.79 Å². The molecule has 2 rings (SSSR count). The maximum absolute atomic E-state index is 11.7. The van der Waals surface area contributed by atoms with E-state index in [2.05, 4.69) is 15.0 Å². The molecule has 2 aromatic heterocycles. The van der Waals surface area contributed by atoms with Gasteiger partial charge in [0.2, 0.25) is 5.78 Å². The quantitative estimate of drug-likeness (QED) is 0.676. The van der Waals surface area contributed by atoms with Crippen LogP contribution in [-0.2, 0) is 0 Å². The van der Waals surface area contributed by atoms with Gasteiger partial charge in [-0.2, -0.15) is 0 Å². The number of hydrogen-bond acceptors (Lipinski definition) is 4. The molecule has 0 saturated heterocycles. The lowest BCUT2D eigenvalue weighted by Crippen LogP contribution is -2.08. The predicted molar refractivity (Wildman–Crippen MR) is 50.7 cm³/mol. The zero-order valence-electron chi connectivity index (χ0n) is 7.27. The summed E-state index contributed by atoms with van der Waals surface area (Å²) in [6.45, 7) is 0. The Morgan fingerprint density at radius 2 is 2.21 bits per heavy atom. The molecule has 5 heteroatoms. The highest BCUT2D eigenvalue weighted by molar-refractivity contribution is 6.09. The molecule has 14 heavy (non-hydrogen) atoms. The van der Waals surface area contributed by atoms with Crippen molar-refractivity contribution >= 4 is 11.6 Å². The molecular formula is C9H8N4O. The second-order valence-electron chi connectivity index (χ2n) is 2.70. The van der Waals surface area contributed by atoms with Crippen LogP contribution in [0.15, 0.2) is 30.7 Å². The SMILES string of the molecule is Nc1ncccc1C(=O)c1ncc[nH]1. The first-order chi connectivity index (χ1) is 6.79. The van der Waals surface area contributed by atoms with E-state index in [0.29, 0.717) is 5.56 Å². The Morgan fingerprint density at radius 3 is 2.86 bits per heavy atom. The van der Waals surface area contributed by atoms with E-state index < -0.39 is 0 Å². The van der Waals surface area contributed by atoms with Crippen molar-refractivity contribution in [1.82, 2.24) is 15.0 Å². The molecule has 0 amide bonds. The number of anilines is 1. The van der Waals surface area contributed by atoms with Crippen LogP contribution in [0.3, 0.4) is 0 Å². The van der Waals surface area contributed by atoms with Crippen molar-refractivity contribution in [1.29, 1.82) is 0 Å². The first-order valence-corrected chi connectivity index (χ1v) is 4.03. The van der Waals surface area contributed by atoms with Crippen molar-refractivity contribution in [2.24, 2.45) is 0 Å². The Bertz CT molecular complexity index is 450. The molecule has 0 aromatic carbocycles. The van der Waals surface area contributed by atoms with Crippen LogP contribution in [0.25, 0.3) is 0 Å². The van der Waals surface area contributed by atoms with Crippen LogP contribution in [0.5, 0.6) is 0 Å². The molecule has 0 aliphatic rings. The van der Waals surface area contributed by atoms with Crippen molar-refractivity contribution < 1.29 is 4.79 Å². The minimum Gasteiger partial charge on any atom is -0.383 e. The van der Waals surface area contributed by atoms with Gasteiger partial charge >= 0.3 is 0 Å². The number of rotatable bonds is 2. The molecule has 0 unspecified atom stereocenters. The molecular weight excluding hydrogens is 180 g/mol. The summed E-state index contributed by atoms with van der Waals surface area (Å²) in [6, 6.07) is 3.28. The van der Waals surface area contributed by atoms with E-state index in [1.165, 1.54) is 12.4 Å². The smallest absolute Gasteiger partial charge is 0.231 e. The van der Waals surface area contributed by atoms with Crippen LogP contribution in [0.4, 0.5) is 5.82 Å². The first-order valence-electron chi connectivity index (χ1n) is 4.03. The number of imidazole rings is 1. The molecule has 0 fully saturated rings. The molecule has 0 aliphatic carbocycles. The van der Waals surface area contributed by atoms with E-state index in [1.807, 2.05) is 0 Å². The summed E-state index contributed by atoms with van der Waals surface area (Å²) >= 11 is 0. The number of H-pyrrole nitrogens is 1. The predicted octanol–water partition coefficient (Wildman–Crippen LogP) is 0.618. The fourth-order valence-electron chi connectivity index (χ4n) is 1.13. The number of carbonyl (C=O) groups is 1. The summed E-state index contributed by atoms with van der Waals surface area (Å²) < 4.78 is 0. The minimum absolute atomic E-state index is 0.217. The van der Waals surface area contributed by atoms with E-state index in [1.54, 1.807) is 18.3 Å². The Morgan fingerprint density at radius 1 is 1.36 bits per heavy atom. The van der Waals surface area contributed by atoms with Gasteiger partial charge in [0.25, 0.3) is 0 Å². The molecule has 5 nitrogen and oxygen atoms in total. The monoisotopic (exact) mass is 188 g/mol. The molecule has 0 saturated carbocycles. The minimum atomic E-state index is -0.249. The Balaban J connectivity index is 2.42. The Hall–Kier alpha value is -2.17. The summed E-state index contributed by atoms with van der Waals surface area (Å²) in [6.07, 6.45) is 4.63. The van der Waals surface area contributed by atoms with Gasteiger partial charge in [0.1, 0.15) is 5.82 Å². The molecule has 3 N–H and O–H groups in total. The third kappa shape index (κ3) is 1.35. The number of ketones is 1. The molecule has 0 atom stereocenters. The number of nitrogen functional groups attached to an aromatic ring is 1. The fourth-order valence-corrected chi connectivity index (χ4v) is 1.13. The van der Waals surface area contributed by atoms with Crippen molar-refractivity contribution in [2.75, 3.05) is 5.73 Å². The maximum atomic E-state index is 11.7. The number of nitrogens with two attached hydrogens (primary N) is 1. The summed E-state index contributed by atoms with van der Waals surface area (Å²) in [5, 5.41) is 0. The molecule has 70 valence electrons. The zero-order chi connectivity index (χ0) is 9.97. The van der Waals surface area contributed by atoms with Gasteiger partial charge < -0.3 is 10.7 Å². The van der Waals surface area contributed by atoms with Crippen LogP contribution < -0.4 is 5.73 Å². The fraction of sp³-hybridized carbons (Fsp3) is 0. The largest absolute Gasteiger partial charge is 0.383 e. The summed E-state index contributed by atoms with van der Waals surface area (Å²) in [4.78, 5) is 22.1. The highest BCUT2D eigenvalue weighted by atomic mass is 16.1. The summed E-state index contributed by atoms with van der Waals surface area (Å²) in [7, 11) is 0. The average molecular weight is 188 g/mol. The van der Waals surface area contributed by atoms with Gasteiger partial charge in [-0.25, -0.2) is 9.97 Å². The number of carbonyl (C=O) groups excluding carboxylic acids is 1. The molecule has 0 radical (unpaired) electrons. The van der Waals surface area contributed by atoms with E-state index in [-0.39, 0.29) is 17.4 Å². The average Bonchev–Trinajstić information content (AvgIpc) is 2.70. The molecule has 2 heterocycles. The van der Waals surface area contributed by atoms with Crippen LogP contribution >= 0.6 is 0 Å². The summed E-state index contributed by atoms with van der Waals surface area (Å²) in [5.41, 5.74) is 5.92. The lowest BCUT2D eigenvalue weighted by molar-refractivity contribution is 0.103. The number of aromatic nitrogens is 3. The van der Waals surface area contributed by atoms with Gasteiger partial charge in [0.05, 0.1) is 5.56 Å². The lowest BCUT2D eigenvalue weighted by Gasteiger charge is -1.99. The van der Waals surface area contributed by atoms with E-state index in [4.69, 9.17) is 5.73 Å². The van der Waals surface area contributed by atoms with Gasteiger partial charge in [-0.1, -0.05) is 0 Å². The second kappa shape index (κ2) is 3.29. The van der Waals surface area contributed by atoms with Crippen molar-refractivity contribution in [3.63, 3.8) is 0 Å². The highest BCUT2D eigenvalue weighted by Crippen LogP contribution is 2.10. The van der Waals surface area contributed by atoms with Crippen LogP contribution in [0.1, 0.15) is 16.2 Å². The Kier molecular flexibility index (Phi) is 1.98. The number of pyridine rings is 1. The summed E-state index contributed by atoms with van der Waals surface area (Å²) in [5.74, 6) is 0.235. The van der Waals surface area contributed by atoms with Crippen molar-refractivity contribution in [3.05, 3.63) is 42.1 Å². The maximum Gasteiger partial charge on any atom is 0.231 e. The number of nitrogens with zero attached hydrogens (tertiary/aromatic N) is 2. The molecule has 0 spiro atoms. The third-order valence-corrected chi connectivity index (χ3v) is 1.80. The number of nitrogens with one attached hydrogen (secondary N) is 1. The van der Waals surface area contributed by atoms with Gasteiger partial charge in [0, 0.05) is 18.6 Å². The van der Waals surface area contributed by atoms with Crippen LogP contribution in [0, 0.1) is 0 Å². The van der Waals surface area contributed by atoms with Crippen LogP contribution in [0.2, 0.25) is 0 Å². The topological polar surface area (TPSA) is 84.7 Å². The third-order valence-electron chi connectivity index (χ3n) is 1.80. The number of aromatic amines is 1. The zero-order valence-corrected chi connectivity index (χ0v) is 7.27. The molecule has 2 aromatic rings. The van der Waals surface area contributed by atoms with Crippen molar-refractivity contribution in [2.45, 2.75) is 0 Å². The van der Waals surface area contributed by atoms with E-state index in [9.17, 15) is 4.79 Å². The normalized spacial score (nSPS) is 10.0.